The Hall–Kier alpha value is -4.59. The first kappa shape index (κ1) is 31.9. The van der Waals surface area contributed by atoms with Crippen molar-refractivity contribution in [2.75, 3.05) is 23.7 Å². The number of phenolic OH excluding ortho intramolecular Hbond substituents is 1. The fourth-order valence-electron chi connectivity index (χ4n) is 4.05. The van der Waals surface area contributed by atoms with Crippen molar-refractivity contribution < 1.29 is 9.90 Å². The van der Waals surface area contributed by atoms with Crippen LogP contribution in [0.1, 0.15) is 69.7 Å². The molecule has 222 valence electrons. The van der Waals surface area contributed by atoms with Crippen LogP contribution in [0.3, 0.4) is 0 Å². The molecule has 3 aromatic rings. The van der Waals surface area contributed by atoms with Crippen molar-refractivity contribution >= 4 is 29.1 Å². The maximum atomic E-state index is 12.1. The van der Waals surface area contributed by atoms with Crippen LogP contribution in [0.15, 0.2) is 106 Å². The van der Waals surface area contributed by atoms with Crippen molar-refractivity contribution in [1.29, 1.82) is 0 Å². The summed E-state index contributed by atoms with van der Waals surface area (Å²) in [6, 6.07) is 26.1. The molecule has 8 heteroatoms. The van der Waals surface area contributed by atoms with E-state index >= 15 is 0 Å². The minimum atomic E-state index is -0.0148. The summed E-state index contributed by atoms with van der Waals surface area (Å²) in [5.41, 5.74) is 3.56. The molecule has 3 aromatic carbocycles. The Bertz CT molecular complexity index is 1320. The van der Waals surface area contributed by atoms with Gasteiger partial charge in [-0.3, -0.25) is 9.79 Å². The van der Waals surface area contributed by atoms with E-state index in [1.54, 1.807) is 24.3 Å². The first-order valence-electron chi connectivity index (χ1n) is 14.7. The van der Waals surface area contributed by atoms with Crippen molar-refractivity contribution in [2.24, 2.45) is 9.98 Å². The Morgan fingerprint density at radius 2 is 1.38 bits per heavy atom. The second-order valence-corrected chi connectivity index (χ2v) is 10.1. The number of unbranched alkanes of at least 4 members (excludes halogenated alkanes) is 4. The molecule has 0 aliphatic heterocycles. The Balaban J connectivity index is 1.51. The topological polar surface area (TPSA) is 110 Å². The number of nitrogens with one attached hydrogen (secondary N) is 4. The quantitative estimate of drug-likeness (QED) is 0.0607. The van der Waals surface area contributed by atoms with Gasteiger partial charge in [0.15, 0.2) is 0 Å². The molecule has 1 amide bonds. The van der Waals surface area contributed by atoms with Gasteiger partial charge < -0.3 is 26.4 Å². The van der Waals surface area contributed by atoms with E-state index in [-0.39, 0.29) is 11.7 Å². The molecule has 0 saturated carbocycles. The zero-order valence-corrected chi connectivity index (χ0v) is 25.0. The lowest BCUT2D eigenvalue weighted by molar-refractivity contribution is 0.0953. The number of phenols is 1. The third-order valence-electron chi connectivity index (χ3n) is 6.63. The van der Waals surface area contributed by atoms with E-state index in [0.717, 1.165) is 73.7 Å². The lowest BCUT2D eigenvalue weighted by Crippen LogP contribution is -2.35. The number of anilines is 2. The van der Waals surface area contributed by atoms with E-state index in [1.165, 1.54) is 0 Å². The number of guanidine groups is 1. The van der Waals surface area contributed by atoms with Crippen LogP contribution in [0.25, 0.3) is 0 Å². The normalized spacial score (nSPS) is 12.4. The first-order valence-corrected chi connectivity index (χ1v) is 14.7. The zero-order chi connectivity index (χ0) is 30.0. The zero-order valence-electron chi connectivity index (χ0n) is 25.0. The summed E-state index contributed by atoms with van der Waals surface area (Å²) in [7, 11) is 0. The van der Waals surface area contributed by atoms with Gasteiger partial charge in [0.05, 0.1) is 5.84 Å². The summed E-state index contributed by atoms with van der Waals surface area (Å²) < 4.78 is 0. The minimum Gasteiger partial charge on any atom is -0.508 e. The van der Waals surface area contributed by atoms with Gasteiger partial charge in [-0.2, -0.15) is 4.99 Å². The van der Waals surface area contributed by atoms with Gasteiger partial charge in [-0.25, -0.2) is 0 Å². The number of aromatic hydroxyl groups is 1. The van der Waals surface area contributed by atoms with E-state index in [4.69, 9.17) is 9.98 Å². The molecule has 0 fully saturated rings. The van der Waals surface area contributed by atoms with E-state index in [1.807, 2.05) is 67.6 Å². The van der Waals surface area contributed by atoms with Crippen LogP contribution in [0.5, 0.6) is 5.75 Å². The molecule has 0 aromatic heterocycles. The fraction of sp³-hybridized carbons (Fsp3) is 0.324. The SMILES string of the molecule is CC/C(C)=C(/N=C(\NC(C)=NCCCCCCCNC(=O)c1ccccc1)Nc1ccc(O)cc1)Nc1ccccc1. The summed E-state index contributed by atoms with van der Waals surface area (Å²) in [6.07, 6.45) is 6.06. The number of allylic oxidation sites excluding steroid dienone is 1. The van der Waals surface area contributed by atoms with Gasteiger partial charge >= 0.3 is 0 Å². The standard InChI is InChI=1S/C34H44N6O2/c1-4-26(2)32(38-29-18-12-9-13-19-29)40-34(39-30-20-22-31(41)23-21-30)37-27(3)35-24-14-6-5-7-15-25-36-33(42)28-16-10-8-11-17-28/h8-13,16-23,38,41H,4-7,14-15,24-25H2,1-3H3,(H,36,42)(H2,35,37,39,40)/b32-26+. The first-order chi connectivity index (χ1) is 20.4. The van der Waals surface area contributed by atoms with Crippen LogP contribution in [-0.4, -0.2) is 35.9 Å². The number of hydrogen-bond donors (Lipinski definition) is 5. The largest absolute Gasteiger partial charge is 0.508 e. The molecular formula is C34H44N6O2. The van der Waals surface area contributed by atoms with Crippen molar-refractivity contribution in [2.45, 2.75) is 59.3 Å². The van der Waals surface area contributed by atoms with E-state index < -0.39 is 0 Å². The Labute approximate surface area is 250 Å². The molecule has 42 heavy (non-hydrogen) atoms. The van der Waals surface area contributed by atoms with Crippen LogP contribution in [0, 0.1) is 0 Å². The van der Waals surface area contributed by atoms with Crippen molar-refractivity contribution in [3.63, 3.8) is 0 Å². The highest BCUT2D eigenvalue weighted by molar-refractivity contribution is 6.05. The number of hydrogen-bond acceptors (Lipinski definition) is 5. The lowest BCUT2D eigenvalue weighted by Gasteiger charge is -2.16. The highest BCUT2D eigenvalue weighted by Crippen LogP contribution is 2.17. The molecule has 3 rings (SSSR count). The molecule has 8 nitrogen and oxygen atoms in total. The highest BCUT2D eigenvalue weighted by Gasteiger charge is 2.08. The van der Waals surface area contributed by atoms with Gasteiger partial charge in [-0.15, -0.1) is 0 Å². The maximum absolute atomic E-state index is 12.1. The van der Waals surface area contributed by atoms with Crippen LogP contribution in [-0.2, 0) is 0 Å². The summed E-state index contributed by atoms with van der Waals surface area (Å²) in [5.74, 6) is 2.24. The molecule has 0 aliphatic rings. The Morgan fingerprint density at radius 3 is 2.07 bits per heavy atom. The summed E-state index contributed by atoms with van der Waals surface area (Å²) >= 11 is 0. The molecule has 0 unspecified atom stereocenters. The number of amides is 1. The second-order valence-electron chi connectivity index (χ2n) is 10.1. The predicted molar refractivity (Wildman–Crippen MR) is 175 cm³/mol. The molecule has 0 heterocycles. The number of aliphatic imine (C=N–C) groups is 2. The van der Waals surface area contributed by atoms with Crippen LogP contribution < -0.4 is 21.3 Å². The molecule has 0 bridgehead atoms. The van der Waals surface area contributed by atoms with Gasteiger partial charge in [-0.1, -0.05) is 62.6 Å². The van der Waals surface area contributed by atoms with Crippen molar-refractivity contribution in [3.8, 4) is 5.75 Å². The number of nitrogens with zero attached hydrogens (tertiary/aromatic N) is 2. The number of rotatable bonds is 14. The highest BCUT2D eigenvalue weighted by atomic mass is 16.3. The molecule has 0 aliphatic carbocycles. The summed E-state index contributed by atoms with van der Waals surface area (Å²) in [5, 5.41) is 22.8. The third-order valence-corrected chi connectivity index (χ3v) is 6.63. The van der Waals surface area contributed by atoms with Crippen LogP contribution in [0.4, 0.5) is 11.4 Å². The number of para-hydroxylation sites is 1. The van der Waals surface area contributed by atoms with E-state index in [2.05, 4.69) is 35.1 Å². The lowest BCUT2D eigenvalue weighted by atomic mass is 10.1. The van der Waals surface area contributed by atoms with Crippen molar-refractivity contribution in [3.05, 3.63) is 102 Å². The number of benzene rings is 3. The molecule has 5 N–H and O–H groups in total. The maximum Gasteiger partial charge on any atom is 0.251 e. The predicted octanol–water partition coefficient (Wildman–Crippen LogP) is 7.30. The average Bonchev–Trinajstić information content (AvgIpc) is 3.01. The Kier molecular flexibility index (Phi) is 13.7. The minimum absolute atomic E-state index is 0.0148. The van der Waals surface area contributed by atoms with Crippen LogP contribution in [0.2, 0.25) is 0 Å². The molecular weight excluding hydrogens is 524 g/mol. The molecule has 0 spiro atoms. The van der Waals surface area contributed by atoms with Gasteiger partial charge in [0.2, 0.25) is 5.96 Å². The molecule has 0 radical (unpaired) electrons. The number of carbonyl (C=O) groups is 1. The van der Waals surface area contributed by atoms with Gasteiger partial charge in [0, 0.05) is 30.0 Å². The summed E-state index contributed by atoms with van der Waals surface area (Å²) in [6.45, 7) is 7.51. The smallest absolute Gasteiger partial charge is 0.251 e. The third kappa shape index (κ3) is 11.9. The monoisotopic (exact) mass is 568 g/mol. The number of amidine groups is 1. The van der Waals surface area contributed by atoms with E-state index in [9.17, 15) is 9.90 Å². The van der Waals surface area contributed by atoms with E-state index in [0.29, 0.717) is 18.1 Å². The fourth-order valence-corrected chi connectivity index (χ4v) is 4.05. The van der Waals surface area contributed by atoms with Crippen molar-refractivity contribution in [1.82, 2.24) is 10.6 Å². The molecule has 0 atom stereocenters. The van der Waals surface area contributed by atoms with Gasteiger partial charge in [-0.05, 0) is 87.2 Å². The van der Waals surface area contributed by atoms with Gasteiger partial charge in [0.25, 0.3) is 5.91 Å². The second kappa shape index (κ2) is 18.0. The average molecular weight is 569 g/mol. The Morgan fingerprint density at radius 1 is 0.762 bits per heavy atom. The molecule has 0 saturated heterocycles. The number of carbonyl (C=O) groups excluding carboxylic acids is 1. The van der Waals surface area contributed by atoms with Crippen LogP contribution >= 0.6 is 0 Å². The van der Waals surface area contributed by atoms with Gasteiger partial charge in [0.1, 0.15) is 11.6 Å². The summed E-state index contributed by atoms with van der Waals surface area (Å²) in [4.78, 5) is 21.7.